The first kappa shape index (κ1) is 14.7. The zero-order valence-electron chi connectivity index (χ0n) is 12.4. The smallest absolute Gasteiger partial charge is 0.306 e. The van der Waals surface area contributed by atoms with Gasteiger partial charge in [0.15, 0.2) is 8.32 Å². The van der Waals surface area contributed by atoms with Crippen LogP contribution in [0.4, 0.5) is 0 Å². The molecule has 0 aromatic rings. The Morgan fingerprint density at radius 2 is 2.00 bits per heavy atom. The first-order valence-corrected chi connectivity index (χ1v) is 9.89. The molecule has 108 valence electrons. The number of carbonyl (C=O) groups is 2. The Balaban J connectivity index is 2.11. The molecule has 1 unspecified atom stereocenters. The highest BCUT2D eigenvalue weighted by atomic mass is 28.4. The molecule has 1 aliphatic heterocycles. The van der Waals surface area contributed by atoms with Gasteiger partial charge in [0.05, 0.1) is 12.5 Å². The van der Waals surface area contributed by atoms with E-state index in [1.165, 1.54) is 0 Å². The summed E-state index contributed by atoms with van der Waals surface area (Å²) >= 11 is 0. The molecule has 0 radical (unpaired) electrons. The average Bonchev–Trinajstić information content (AvgIpc) is 2.70. The van der Waals surface area contributed by atoms with E-state index in [0.717, 1.165) is 6.29 Å². The van der Waals surface area contributed by atoms with E-state index in [9.17, 15) is 9.59 Å². The molecule has 1 saturated heterocycles. The molecule has 19 heavy (non-hydrogen) atoms. The first-order chi connectivity index (χ1) is 8.65. The van der Waals surface area contributed by atoms with Crippen molar-refractivity contribution in [2.24, 2.45) is 11.8 Å². The number of rotatable bonds is 3. The van der Waals surface area contributed by atoms with Gasteiger partial charge in [-0.25, -0.2) is 0 Å². The minimum atomic E-state index is -1.89. The average molecular weight is 284 g/mol. The Hall–Kier alpha value is -0.683. The maximum absolute atomic E-state index is 11.4. The summed E-state index contributed by atoms with van der Waals surface area (Å²) in [5.74, 6) is -0.335. The van der Waals surface area contributed by atoms with E-state index >= 15 is 0 Å². The minimum absolute atomic E-state index is 0.0276. The molecule has 1 aliphatic carbocycles. The highest BCUT2D eigenvalue weighted by Gasteiger charge is 2.53. The molecule has 0 spiro atoms. The van der Waals surface area contributed by atoms with E-state index in [1.807, 2.05) is 0 Å². The lowest BCUT2D eigenvalue weighted by Crippen LogP contribution is -2.45. The monoisotopic (exact) mass is 284 g/mol. The number of ether oxygens (including phenoxy) is 1. The zero-order valence-corrected chi connectivity index (χ0v) is 13.4. The van der Waals surface area contributed by atoms with Crippen molar-refractivity contribution in [2.45, 2.75) is 64.0 Å². The summed E-state index contributed by atoms with van der Waals surface area (Å²) in [6.45, 7) is 10.9. The third kappa shape index (κ3) is 2.63. The van der Waals surface area contributed by atoms with Crippen molar-refractivity contribution in [3.05, 3.63) is 0 Å². The van der Waals surface area contributed by atoms with Crippen LogP contribution < -0.4 is 0 Å². The minimum Gasteiger partial charge on any atom is -0.462 e. The Kier molecular flexibility index (Phi) is 3.64. The van der Waals surface area contributed by atoms with Gasteiger partial charge in [0.2, 0.25) is 0 Å². The molecule has 0 bridgehead atoms. The lowest BCUT2D eigenvalue weighted by atomic mass is 9.94. The molecule has 5 heteroatoms. The van der Waals surface area contributed by atoms with Gasteiger partial charge in [-0.15, -0.1) is 0 Å². The van der Waals surface area contributed by atoms with Gasteiger partial charge in [0.1, 0.15) is 12.4 Å². The third-order valence-corrected chi connectivity index (χ3v) is 9.46. The normalized spacial score (nSPS) is 35.1. The van der Waals surface area contributed by atoms with E-state index in [1.54, 1.807) is 0 Å². The van der Waals surface area contributed by atoms with Gasteiger partial charge in [-0.05, 0) is 18.1 Å². The standard InChI is InChI=1S/C14H24O4Si/c1-14(2,3)19(4,5)18-12-7-11-9(10(12)8-15)6-13(16)17-11/h8-12H,6-7H2,1-5H3/t9-,10-,11+,12?/m1/s1. The van der Waals surface area contributed by atoms with Crippen LogP contribution in [0.5, 0.6) is 0 Å². The van der Waals surface area contributed by atoms with Crippen LogP contribution in [0.3, 0.4) is 0 Å². The summed E-state index contributed by atoms with van der Waals surface area (Å²) in [5, 5.41) is 0.120. The Morgan fingerprint density at radius 1 is 1.37 bits per heavy atom. The molecule has 0 amide bonds. The number of fused-ring (bicyclic) bond motifs is 1. The van der Waals surface area contributed by atoms with Gasteiger partial charge in [-0.3, -0.25) is 4.79 Å². The van der Waals surface area contributed by atoms with Gasteiger partial charge >= 0.3 is 5.97 Å². The van der Waals surface area contributed by atoms with Crippen LogP contribution in [-0.4, -0.2) is 32.8 Å². The summed E-state index contributed by atoms with van der Waals surface area (Å²) in [6.07, 6.45) is 1.81. The molecular formula is C14H24O4Si. The zero-order chi connectivity index (χ0) is 14.4. The molecule has 2 rings (SSSR count). The van der Waals surface area contributed by atoms with E-state index in [0.29, 0.717) is 12.8 Å². The molecule has 4 nitrogen and oxygen atoms in total. The molecular weight excluding hydrogens is 260 g/mol. The Labute approximate surface area is 116 Å². The summed E-state index contributed by atoms with van der Waals surface area (Å²) in [5.41, 5.74) is 0. The lowest BCUT2D eigenvalue weighted by molar-refractivity contribution is -0.141. The van der Waals surface area contributed by atoms with Crippen molar-refractivity contribution < 1.29 is 18.8 Å². The van der Waals surface area contributed by atoms with Crippen molar-refractivity contribution in [1.82, 2.24) is 0 Å². The SMILES string of the molecule is CC(C)(C)[Si](C)(C)OC1C[C@@H]2OC(=O)C[C@@H]2[C@H]1C=O. The van der Waals surface area contributed by atoms with Crippen LogP contribution in [-0.2, 0) is 18.8 Å². The Morgan fingerprint density at radius 3 is 2.53 bits per heavy atom. The van der Waals surface area contributed by atoms with Crippen LogP contribution in [0, 0.1) is 11.8 Å². The second-order valence-corrected chi connectivity index (χ2v) is 12.0. The van der Waals surface area contributed by atoms with E-state index < -0.39 is 8.32 Å². The van der Waals surface area contributed by atoms with Gasteiger partial charge in [-0.1, -0.05) is 20.8 Å². The Bertz CT molecular complexity index is 385. The maximum Gasteiger partial charge on any atom is 0.306 e. The lowest BCUT2D eigenvalue weighted by Gasteiger charge is -2.39. The molecule has 1 saturated carbocycles. The molecule has 0 aromatic carbocycles. The van der Waals surface area contributed by atoms with E-state index in [4.69, 9.17) is 9.16 Å². The van der Waals surface area contributed by atoms with Gasteiger partial charge in [-0.2, -0.15) is 0 Å². The molecule has 2 aliphatic rings. The predicted molar refractivity (Wildman–Crippen MR) is 74.2 cm³/mol. The van der Waals surface area contributed by atoms with Gasteiger partial charge < -0.3 is 14.0 Å². The fourth-order valence-corrected chi connectivity index (χ4v) is 4.13. The van der Waals surface area contributed by atoms with Crippen molar-refractivity contribution in [3.63, 3.8) is 0 Å². The number of hydrogen-bond donors (Lipinski definition) is 0. The molecule has 0 N–H and O–H groups in total. The fraction of sp³-hybridized carbons (Fsp3) is 0.857. The number of aldehydes is 1. The van der Waals surface area contributed by atoms with Crippen LogP contribution >= 0.6 is 0 Å². The maximum atomic E-state index is 11.4. The van der Waals surface area contributed by atoms with Gasteiger partial charge in [0, 0.05) is 18.3 Å². The van der Waals surface area contributed by atoms with E-state index in [2.05, 4.69) is 33.9 Å². The summed E-state index contributed by atoms with van der Waals surface area (Å²) in [4.78, 5) is 22.7. The van der Waals surface area contributed by atoms with Crippen molar-refractivity contribution >= 4 is 20.6 Å². The van der Waals surface area contributed by atoms with Crippen LogP contribution in [0.2, 0.25) is 18.1 Å². The second kappa shape index (κ2) is 4.70. The highest BCUT2D eigenvalue weighted by molar-refractivity contribution is 6.74. The van der Waals surface area contributed by atoms with Crippen molar-refractivity contribution in [2.75, 3.05) is 0 Å². The van der Waals surface area contributed by atoms with Crippen LogP contribution in [0.1, 0.15) is 33.6 Å². The summed E-state index contributed by atoms with van der Waals surface area (Å²) < 4.78 is 11.6. The van der Waals surface area contributed by atoms with Crippen molar-refractivity contribution in [1.29, 1.82) is 0 Å². The van der Waals surface area contributed by atoms with E-state index in [-0.39, 0.29) is 35.1 Å². The first-order valence-electron chi connectivity index (χ1n) is 6.98. The van der Waals surface area contributed by atoms with Crippen LogP contribution in [0.15, 0.2) is 0 Å². The largest absolute Gasteiger partial charge is 0.462 e. The highest BCUT2D eigenvalue weighted by Crippen LogP contribution is 2.45. The third-order valence-electron chi connectivity index (χ3n) is 4.96. The molecule has 0 aromatic heterocycles. The number of esters is 1. The summed E-state index contributed by atoms with van der Waals surface area (Å²) in [7, 11) is -1.89. The number of hydrogen-bond acceptors (Lipinski definition) is 4. The quantitative estimate of drug-likeness (QED) is 0.454. The second-order valence-electron chi connectivity index (χ2n) is 7.26. The predicted octanol–water partition coefficient (Wildman–Crippen LogP) is 2.53. The topological polar surface area (TPSA) is 52.6 Å². The fourth-order valence-electron chi connectivity index (χ4n) is 2.77. The summed E-state index contributed by atoms with van der Waals surface area (Å²) in [6, 6.07) is 0. The molecule has 1 heterocycles. The van der Waals surface area contributed by atoms with Crippen LogP contribution in [0.25, 0.3) is 0 Å². The molecule has 2 fully saturated rings. The van der Waals surface area contributed by atoms with Gasteiger partial charge in [0.25, 0.3) is 0 Å². The number of carbonyl (C=O) groups excluding carboxylic acids is 2. The van der Waals surface area contributed by atoms with Crippen molar-refractivity contribution in [3.8, 4) is 0 Å². The molecule has 4 atom stereocenters.